The molecule has 0 aliphatic rings. The lowest BCUT2D eigenvalue weighted by Gasteiger charge is -2.12. The van der Waals surface area contributed by atoms with E-state index in [4.69, 9.17) is 4.84 Å². The van der Waals surface area contributed by atoms with E-state index >= 15 is 0 Å². The summed E-state index contributed by atoms with van der Waals surface area (Å²) in [7, 11) is 0. The maximum atomic E-state index is 13.6. The van der Waals surface area contributed by atoms with Crippen LogP contribution in [0.1, 0.15) is 84.0 Å². The number of halogens is 1. The lowest BCUT2D eigenvalue weighted by atomic mass is 10.1. The smallest absolute Gasteiger partial charge is 0.0999 e. The zero-order valence-corrected chi connectivity index (χ0v) is 14.8. The molecule has 0 atom stereocenters. The average Bonchev–Trinajstić information content (AvgIpc) is 2.59. The molecule has 0 N–H and O–H groups in total. The van der Waals surface area contributed by atoms with Gasteiger partial charge in [0.15, 0.2) is 0 Å². The fraction of sp³-hybridized carbons (Fsp3) is 0.700. The van der Waals surface area contributed by atoms with Crippen molar-refractivity contribution in [2.75, 3.05) is 11.9 Å². The van der Waals surface area contributed by atoms with Gasteiger partial charge in [-0.3, -0.25) is 0 Å². The number of rotatable bonds is 15. The second-order valence-corrected chi connectivity index (χ2v) is 6.30. The van der Waals surface area contributed by atoms with Gasteiger partial charge in [-0.25, -0.2) is 4.84 Å². The Morgan fingerprint density at radius 3 is 1.74 bits per heavy atom. The van der Waals surface area contributed by atoms with Crippen LogP contribution in [0.3, 0.4) is 0 Å². The van der Waals surface area contributed by atoms with Crippen molar-refractivity contribution in [3.8, 4) is 0 Å². The topological polar surface area (TPSA) is 12.5 Å². The van der Waals surface area contributed by atoms with E-state index in [-0.39, 0.29) is 0 Å². The molecular formula is C20H34FNO. The van der Waals surface area contributed by atoms with E-state index < -0.39 is 0 Å². The van der Waals surface area contributed by atoms with Gasteiger partial charge in [0.05, 0.1) is 12.3 Å². The summed E-state index contributed by atoms with van der Waals surface area (Å²) in [5.41, 5.74) is 0.450. The number of para-hydroxylation sites is 1. The fourth-order valence-electron chi connectivity index (χ4n) is 2.71. The van der Waals surface area contributed by atoms with Crippen LogP contribution in [-0.2, 0) is 4.84 Å². The third-order valence-corrected chi connectivity index (χ3v) is 4.16. The minimum absolute atomic E-state index is 0.374. The predicted octanol–water partition coefficient (Wildman–Crippen LogP) is 7.01. The van der Waals surface area contributed by atoms with Crippen molar-refractivity contribution in [1.82, 2.24) is 0 Å². The number of hydrogen-bond acceptors (Lipinski definition) is 2. The van der Waals surface area contributed by atoms with Crippen molar-refractivity contribution in [3.63, 3.8) is 0 Å². The van der Waals surface area contributed by atoms with E-state index in [1.165, 1.54) is 64.2 Å². The Bertz CT molecular complexity index is 358. The lowest BCUT2D eigenvalue weighted by Crippen LogP contribution is -2.13. The summed E-state index contributed by atoms with van der Waals surface area (Å²) in [6, 6.07) is 8.86. The molecule has 1 rings (SSSR count). The largest absolute Gasteiger partial charge is 0.245 e. The summed E-state index contributed by atoms with van der Waals surface area (Å²) < 4.78 is 13.6. The highest BCUT2D eigenvalue weighted by Gasteiger charge is 2.03. The standard InChI is InChI=1S/C20H34FNO/c1-2-3-4-5-6-7-8-9-10-11-12-16-19-23-22(21)20-17-14-13-15-18-20/h13-15,17-18H,2-12,16,19H2,1H3. The highest BCUT2D eigenvalue weighted by molar-refractivity contribution is 5.40. The Hall–Kier alpha value is -1.09. The maximum absolute atomic E-state index is 13.6. The highest BCUT2D eigenvalue weighted by Crippen LogP contribution is 2.15. The number of unbranched alkanes of at least 4 members (excludes halogenated alkanes) is 11. The van der Waals surface area contributed by atoms with Crippen LogP contribution >= 0.6 is 0 Å². The summed E-state index contributed by atoms with van der Waals surface area (Å²) in [6.45, 7) is 2.71. The molecule has 23 heavy (non-hydrogen) atoms. The molecule has 2 nitrogen and oxygen atoms in total. The van der Waals surface area contributed by atoms with Gasteiger partial charge in [0.2, 0.25) is 0 Å². The van der Waals surface area contributed by atoms with Crippen molar-refractivity contribution in [3.05, 3.63) is 30.3 Å². The van der Waals surface area contributed by atoms with E-state index in [2.05, 4.69) is 6.92 Å². The summed E-state index contributed by atoms with van der Waals surface area (Å²) in [5.74, 6) is 0. The fourth-order valence-corrected chi connectivity index (χ4v) is 2.71. The van der Waals surface area contributed by atoms with Crippen LogP contribution in [0.25, 0.3) is 0 Å². The molecule has 0 fully saturated rings. The van der Waals surface area contributed by atoms with Crippen LogP contribution in [0.5, 0.6) is 0 Å². The Morgan fingerprint density at radius 2 is 1.22 bits per heavy atom. The first-order chi connectivity index (χ1) is 11.3. The molecule has 1 aromatic rings. The minimum atomic E-state index is 0.374. The van der Waals surface area contributed by atoms with Gasteiger partial charge in [-0.15, -0.1) is 0 Å². The van der Waals surface area contributed by atoms with Crippen LogP contribution in [-0.4, -0.2) is 6.61 Å². The SMILES string of the molecule is CCCCCCCCCCCCCCON(F)c1ccccc1. The second-order valence-electron chi connectivity index (χ2n) is 6.30. The molecule has 132 valence electrons. The molecular weight excluding hydrogens is 289 g/mol. The van der Waals surface area contributed by atoms with Crippen LogP contribution < -0.4 is 5.29 Å². The normalized spacial score (nSPS) is 10.9. The van der Waals surface area contributed by atoms with Gasteiger partial charge in [-0.1, -0.05) is 106 Å². The molecule has 1 aromatic carbocycles. The van der Waals surface area contributed by atoms with Crippen molar-refractivity contribution < 1.29 is 9.32 Å². The van der Waals surface area contributed by atoms with Gasteiger partial charge >= 0.3 is 0 Å². The van der Waals surface area contributed by atoms with E-state index in [0.717, 1.165) is 12.8 Å². The van der Waals surface area contributed by atoms with E-state index in [0.29, 0.717) is 17.6 Å². The first kappa shape index (κ1) is 20.0. The van der Waals surface area contributed by atoms with Crippen molar-refractivity contribution in [2.24, 2.45) is 0 Å². The number of hydrogen-bond donors (Lipinski definition) is 0. The zero-order chi connectivity index (χ0) is 16.6. The summed E-state index contributed by atoms with van der Waals surface area (Å²) >= 11 is 0. The first-order valence-electron chi connectivity index (χ1n) is 9.48. The molecule has 0 spiro atoms. The molecule has 0 aliphatic heterocycles. The van der Waals surface area contributed by atoms with Gasteiger partial charge in [-0.05, 0) is 18.6 Å². The van der Waals surface area contributed by atoms with Crippen LogP contribution in [0.2, 0.25) is 0 Å². The quantitative estimate of drug-likeness (QED) is 0.195. The molecule has 0 aliphatic carbocycles. The van der Waals surface area contributed by atoms with Gasteiger partial charge in [-0.2, -0.15) is 0 Å². The minimum Gasteiger partial charge on any atom is -0.245 e. The highest BCUT2D eigenvalue weighted by atomic mass is 19.2. The van der Waals surface area contributed by atoms with Crippen molar-refractivity contribution >= 4 is 5.69 Å². The molecule has 0 heterocycles. The summed E-state index contributed by atoms with van der Waals surface area (Å²) in [4.78, 5) is 5.09. The predicted molar refractivity (Wildman–Crippen MR) is 97.1 cm³/mol. The molecule has 0 unspecified atom stereocenters. The molecule has 0 saturated carbocycles. The Balaban J connectivity index is 1.81. The first-order valence-corrected chi connectivity index (χ1v) is 9.48. The Morgan fingerprint density at radius 1 is 0.739 bits per heavy atom. The summed E-state index contributed by atoms with van der Waals surface area (Å²) in [5, 5.41) is 0.374. The molecule has 0 aromatic heterocycles. The van der Waals surface area contributed by atoms with E-state index in [9.17, 15) is 4.48 Å². The van der Waals surface area contributed by atoms with Gasteiger partial charge in [0, 0.05) is 0 Å². The van der Waals surface area contributed by atoms with Crippen LogP contribution in [0.4, 0.5) is 10.2 Å². The van der Waals surface area contributed by atoms with Gasteiger partial charge in [0.25, 0.3) is 0 Å². The molecule has 0 bridgehead atoms. The van der Waals surface area contributed by atoms with Gasteiger partial charge < -0.3 is 0 Å². The molecule has 0 saturated heterocycles. The molecule has 3 heteroatoms. The monoisotopic (exact) mass is 323 g/mol. The number of benzene rings is 1. The second kappa shape index (κ2) is 14.5. The Labute approximate surface area is 141 Å². The molecule has 0 radical (unpaired) electrons. The van der Waals surface area contributed by atoms with Crippen molar-refractivity contribution in [2.45, 2.75) is 84.0 Å². The number of anilines is 1. The third-order valence-electron chi connectivity index (χ3n) is 4.16. The van der Waals surface area contributed by atoms with Crippen molar-refractivity contribution in [1.29, 1.82) is 0 Å². The van der Waals surface area contributed by atoms with E-state index in [1.54, 1.807) is 24.3 Å². The lowest BCUT2D eigenvalue weighted by molar-refractivity contribution is 0.0172. The van der Waals surface area contributed by atoms with E-state index in [1.807, 2.05) is 6.07 Å². The maximum Gasteiger partial charge on any atom is 0.0999 e. The number of nitrogens with zero attached hydrogens (tertiary/aromatic N) is 1. The van der Waals surface area contributed by atoms with Crippen LogP contribution in [0.15, 0.2) is 30.3 Å². The molecule has 0 amide bonds. The average molecular weight is 323 g/mol. The third kappa shape index (κ3) is 11.1. The van der Waals surface area contributed by atoms with Crippen LogP contribution in [0, 0.1) is 0 Å². The summed E-state index contributed by atoms with van der Waals surface area (Å²) in [6.07, 6.45) is 15.6. The van der Waals surface area contributed by atoms with Gasteiger partial charge in [0.1, 0.15) is 0 Å². The Kier molecular flexibility index (Phi) is 12.6. The zero-order valence-electron chi connectivity index (χ0n) is 14.8.